The van der Waals surface area contributed by atoms with Crippen molar-refractivity contribution in [2.24, 2.45) is 4.99 Å². The normalized spacial score (nSPS) is 13.3. The van der Waals surface area contributed by atoms with Gasteiger partial charge in [-0.2, -0.15) is 0 Å². The fraction of sp³-hybridized carbons (Fsp3) is 0.409. The van der Waals surface area contributed by atoms with E-state index in [2.05, 4.69) is 10.6 Å². The Morgan fingerprint density at radius 3 is 2.43 bits per heavy atom. The molecule has 2 aromatic rings. The molecule has 2 aromatic carbocycles. The third-order valence-corrected chi connectivity index (χ3v) is 4.55. The summed E-state index contributed by atoms with van der Waals surface area (Å²) in [5.74, 6) is 3.90. The Bertz CT molecular complexity index is 885. The fourth-order valence-corrected chi connectivity index (χ4v) is 3.14. The van der Waals surface area contributed by atoms with Gasteiger partial charge in [0.25, 0.3) is 0 Å². The molecule has 1 aliphatic rings. The first-order valence-electron chi connectivity index (χ1n) is 9.93. The number of nitrogens with zero attached hydrogens (tertiary/aromatic N) is 1. The molecule has 0 unspecified atom stereocenters. The van der Waals surface area contributed by atoms with Gasteiger partial charge in [0.1, 0.15) is 0 Å². The highest BCUT2D eigenvalue weighted by Crippen LogP contribution is 2.40. The SMILES string of the molecule is CCNC(=NCc1ccc(OC)c(OC)c1OC)Nc1ccc2c(c1)OCCCO2. The third-order valence-electron chi connectivity index (χ3n) is 4.55. The van der Waals surface area contributed by atoms with Gasteiger partial charge in [0.2, 0.25) is 5.75 Å². The maximum absolute atomic E-state index is 5.77. The number of hydrogen-bond donors (Lipinski definition) is 2. The molecule has 3 rings (SSSR count). The van der Waals surface area contributed by atoms with Crippen molar-refractivity contribution in [2.45, 2.75) is 19.9 Å². The zero-order valence-corrected chi connectivity index (χ0v) is 17.9. The smallest absolute Gasteiger partial charge is 0.203 e. The van der Waals surface area contributed by atoms with Crippen LogP contribution in [0.4, 0.5) is 5.69 Å². The number of methoxy groups -OCH3 is 3. The maximum Gasteiger partial charge on any atom is 0.203 e. The summed E-state index contributed by atoms with van der Waals surface area (Å²) in [5, 5.41) is 6.57. The molecule has 0 bridgehead atoms. The van der Waals surface area contributed by atoms with Crippen LogP contribution in [0.3, 0.4) is 0 Å². The molecule has 162 valence electrons. The van der Waals surface area contributed by atoms with Crippen molar-refractivity contribution in [2.75, 3.05) is 46.4 Å². The van der Waals surface area contributed by atoms with Gasteiger partial charge in [0.15, 0.2) is 29.0 Å². The summed E-state index contributed by atoms with van der Waals surface area (Å²) in [7, 11) is 4.78. The van der Waals surface area contributed by atoms with Crippen LogP contribution in [0.25, 0.3) is 0 Å². The van der Waals surface area contributed by atoms with E-state index in [1.54, 1.807) is 21.3 Å². The first kappa shape index (κ1) is 21.4. The average Bonchev–Trinajstić information content (AvgIpc) is 3.01. The lowest BCUT2D eigenvalue weighted by atomic mass is 10.1. The first-order valence-corrected chi connectivity index (χ1v) is 9.93. The number of ether oxygens (including phenoxy) is 5. The largest absolute Gasteiger partial charge is 0.493 e. The Morgan fingerprint density at radius 1 is 0.967 bits per heavy atom. The molecule has 0 radical (unpaired) electrons. The van der Waals surface area contributed by atoms with Gasteiger partial charge in [-0.1, -0.05) is 0 Å². The summed E-state index contributed by atoms with van der Waals surface area (Å²) in [6.07, 6.45) is 0.870. The highest BCUT2D eigenvalue weighted by Gasteiger charge is 2.16. The molecule has 0 amide bonds. The monoisotopic (exact) mass is 415 g/mol. The minimum atomic E-state index is 0.392. The predicted molar refractivity (Wildman–Crippen MR) is 117 cm³/mol. The first-order chi connectivity index (χ1) is 14.7. The molecule has 1 heterocycles. The number of nitrogens with one attached hydrogen (secondary N) is 2. The zero-order chi connectivity index (χ0) is 21.3. The van der Waals surface area contributed by atoms with Crippen LogP contribution in [0.2, 0.25) is 0 Å². The highest BCUT2D eigenvalue weighted by atomic mass is 16.5. The Hall–Kier alpha value is -3.29. The van der Waals surface area contributed by atoms with Gasteiger partial charge in [-0.15, -0.1) is 0 Å². The predicted octanol–water partition coefficient (Wildman–Crippen LogP) is 3.45. The van der Waals surface area contributed by atoms with E-state index in [0.717, 1.165) is 35.7 Å². The standard InChI is InChI=1S/C22H29N3O5/c1-5-23-22(25-16-8-10-17-19(13-16)30-12-6-11-29-17)24-14-15-7-9-18(26-2)21(28-4)20(15)27-3/h7-10,13H,5-6,11-12,14H2,1-4H3,(H2,23,24,25). The number of anilines is 1. The van der Waals surface area contributed by atoms with Crippen molar-refractivity contribution in [3.8, 4) is 28.7 Å². The van der Waals surface area contributed by atoms with Gasteiger partial charge < -0.3 is 34.3 Å². The second-order valence-electron chi connectivity index (χ2n) is 6.53. The summed E-state index contributed by atoms with van der Waals surface area (Å²) < 4.78 is 27.8. The number of aliphatic imine (C=N–C) groups is 1. The molecule has 0 fully saturated rings. The maximum atomic E-state index is 5.77. The summed E-state index contributed by atoms with van der Waals surface area (Å²) in [6.45, 7) is 4.44. The summed E-state index contributed by atoms with van der Waals surface area (Å²) in [4.78, 5) is 4.70. The zero-order valence-electron chi connectivity index (χ0n) is 17.9. The van der Waals surface area contributed by atoms with Gasteiger partial charge in [0.05, 0.1) is 41.1 Å². The van der Waals surface area contributed by atoms with Crippen LogP contribution in [-0.4, -0.2) is 47.0 Å². The molecule has 0 aromatic heterocycles. The molecule has 8 nitrogen and oxygen atoms in total. The molecule has 0 atom stereocenters. The number of fused-ring (bicyclic) bond motifs is 1. The van der Waals surface area contributed by atoms with E-state index in [4.69, 9.17) is 28.7 Å². The molecule has 8 heteroatoms. The molecule has 2 N–H and O–H groups in total. The lowest BCUT2D eigenvalue weighted by Gasteiger charge is -2.16. The van der Waals surface area contributed by atoms with E-state index in [-0.39, 0.29) is 0 Å². The van der Waals surface area contributed by atoms with E-state index < -0.39 is 0 Å². The number of guanidine groups is 1. The second-order valence-corrected chi connectivity index (χ2v) is 6.53. The molecule has 0 saturated heterocycles. The van der Waals surface area contributed by atoms with Gasteiger partial charge in [-0.25, -0.2) is 4.99 Å². The van der Waals surface area contributed by atoms with Crippen LogP contribution in [0.5, 0.6) is 28.7 Å². The van der Waals surface area contributed by atoms with Crippen LogP contribution in [0.1, 0.15) is 18.9 Å². The van der Waals surface area contributed by atoms with Gasteiger partial charge in [-0.05, 0) is 31.2 Å². The van der Waals surface area contributed by atoms with Crippen molar-refractivity contribution in [1.29, 1.82) is 0 Å². The minimum absolute atomic E-state index is 0.392. The number of benzene rings is 2. The van der Waals surface area contributed by atoms with Crippen LogP contribution in [0, 0.1) is 0 Å². The fourth-order valence-electron chi connectivity index (χ4n) is 3.14. The lowest BCUT2D eigenvalue weighted by molar-refractivity contribution is 0.297. The Kier molecular flexibility index (Phi) is 7.48. The molecule has 0 saturated carbocycles. The minimum Gasteiger partial charge on any atom is -0.493 e. The molecule has 0 spiro atoms. The van der Waals surface area contributed by atoms with Crippen molar-refractivity contribution in [1.82, 2.24) is 5.32 Å². The van der Waals surface area contributed by atoms with Gasteiger partial charge in [0, 0.05) is 30.3 Å². The quantitative estimate of drug-likeness (QED) is 0.529. The second kappa shape index (κ2) is 10.5. The van der Waals surface area contributed by atoms with Crippen LogP contribution < -0.4 is 34.3 Å². The summed E-state index contributed by atoms with van der Waals surface area (Å²) >= 11 is 0. The van der Waals surface area contributed by atoms with Crippen LogP contribution in [-0.2, 0) is 6.54 Å². The molecular weight excluding hydrogens is 386 g/mol. The molecule has 30 heavy (non-hydrogen) atoms. The van der Waals surface area contributed by atoms with Crippen LogP contribution >= 0.6 is 0 Å². The topological polar surface area (TPSA) is 82.6 Å². The molecule has 1 aliphatic heterocycles. The van der Waals surface area contributed by atoms with E-state index in [1.165, 1.54) is 0 Å². The van der Waals surface area contributed by atoms with Crippen molar-refractivity contribution in [3.05, 3.63) is 35.9 Å². The number of hydrogen-bond acceptors (Lipinski definition) is 6. The molecular formula is C22H29N3O5. The Labute approximate surface area is 177 Å². The van der Waals surface area contributed by atoms with E-state index in [1.807, 2.05) is 37.3 Å². The van der Waals surface area contributed by atoms with E-state index >= 15 is 0 Å². The van der Waals surface area contributed by atoms with Crippen LogP contribution in [0.15, 0.2) is 35.3 Å². The Balaban J connectivity index is 1.81. The van der Waals surface area contributed by atoms with E-state index in [9.17, 15) is 0 Å². The number of rotatable bonds is 7. The highest BCUT2D eigenvalue weighted by molar-refractivity contribution is 5.94. The average molecular weight is 415 g/mol. The summed E-state index contributed by atoms with van der Waals surface area (Å²) in [6, 6.07) is 9.53. The Morgan fingerprint density at radius 2 is 1.73 bits per heavy atom. The summed E-state index contributed by atoms with van der Waals surface area (Å²) in [5.41, 5.74) is 1.74. The molecule has 0 aliphatic carbocycles. The van der Waals surface area contributed by atoms with Gasteiger partial charge >= 0.3 is 0 Å². The van der Waals surface area contributed by atoms with Gasteiger partial charge in [-0.3, -0.25) is 0 Å². The van der Waals surface area contributed by atoms with Crippen molar-refractivity contribution < 1.29 is 23.7 Å². The van der Waals surface area contributed by atoms with E-state index in [0.29, 0.717) is 43.0 Å². The van der Waals surface area contributed by atoms with Crippen molar-refractivity contribution >= 4 is 11.6 Å². The third kappa shape index (κ3) is 5.00. The van der Waals surface area contributed by atoms with Crippen molar-refractivity contribution in [3.63, 3.8) is 0 Å². The lowest BCUT2D eigenvalue weighted by Crippen LogP contribution is -2.30.